The number of nitrogens with one attached hydrogen (secondary N) is 1. The molecule has 2 bridgehead atoms. The Morgan fingerprint density at radius 3 is 2.74 bits per heavy atom. The number of halogens is 2. The molecule has 2 aliphatic rings. The van der Waals surface area contributed by atoms with Gasteiger partial charge in [-0.05, 0) is 60.4 Å². The van der Waals surface area contributed by atoms with Crippen LogP contribution in [0.15, 0.2) is 24.4 Å². The number of ketones is 1. The molecular formula is C18H16ClFN2O. The van der Waals surface area contributed by atoms with Gasteiger partial charge >= 0.3 is 0 Å². The predicted octanol–water partition coefficient (Wildman–Crippen LogP) is 5.19. The Kier molecular flexibility index (Phi) is 3.38. The molecule has 0 saturated heterocycles. The summed E-state index contributed by atoms with van der Waals surface area (Å²) in [5.41, 5.74) is 4.56. The first kappa shape index (κ1) is 14.6. The van der Waals surface area contributed by atoms with Crippen LogP contribution in [0.1, 0.15) is 59.6 Å². The van der Waals surface area contributed by atoms with E-state index in [9.17, 15) is 9.18 Å². The summed E-state index contributed by atoms with van der Waals surface area (Å²) in [6.07, 6.45) is 5.09. The molecule has 23 heavy (non-hydrogen) atoms. The minimum atomic E-state index is -0.438. The van der Waals surface area contributed by atoms with Crippen LogP contribution in [0.5, 0.6) is 0 Å². The van der Waals surface area contributed by atoms with Crippen LogP contribution in [0.4, 0.5) is 15.8 Å². The normalized spacial score (nSPS) is 21.3. The molecule has 3 nitrogen and oxygen atoms in total. The van der Waals surface area contributed by atoms with E-state index in [1.807, 2.05) is 0 Å². The van der Waals surface area contributed by atoms with Crippen LogP contribution in [0, 0.1) is 5.82 Å². The largest absolute Gasteiger partial charge is 0.354 e. The van der Waals surface area contributed by atoms with E-state index in [4.69, 9.17) is 11.6 Å². The third-order valence-electron chi connectivity index (χ3n) is 4.94. The van der Waals surface area contributed by atoms with Crippen molar-refractivity contribution in [3.8, 4) is 0 Å². The molecule has 2 unspecified atom stereocenters. The summed E-state index contributed by atoms with van der Waals surface area (Å²) < 4.78 is 13.3. The number of anilines is 2. The van der Waals surface area contributed by atoms with E-state index in [1.54, 1.807) is 25.3 Å². The molecule has 2 aromatic rings. The van der Waals surface area contributed by atoms with Crippen LogP contribution >= 0.6 is 11.6 Å². The lowest BCUT2D eigenvalue weighted by atomic mass is 9.89. The number of hydrogen-bond acceptors (Lipinski definition) is 3. The average molecular weight is 331 g/mol. The Morgan fingerprint density at radius 2 is 2.04 bits per heavy atom. The zero-order valence-corrected chi connectivity index (χ0v) is 13.5. The number of carbonyl (C=O) groups is 1. The van der Waals surface area contributed by atoms with E-state index in [1.165, 1.54) is 11.6 Å². The third kappa shape index (κ3) is 2.32. The zero-order valence-electron chi connectivity index (χ0n) is 12.7. The van der Waals surface area contributed by atoms with Gasteiger partial charge in [-0.2, -0.15) is 0 Å². The van der Waals surface area contributed by atoms with Gasteiger partial charge in [0.2, 0.25) is 0 Å². The summed E-state index contributed by atoms with van der Waals surface area (Å²) in [6, 6.07) is 4.56. The number of benzene rings is 1. The van der Waals surface area contributed by atoms with Gasteiger partial charge in [-0.3, -0.25) is 9.78 Å². The van der Waals surface area contributed by atoms with Crippen LogP contribution in [-0.2, 0) is 0 Å². The molecule has 1 N–H and O–H groups in total. The molecule has 0 aliphatic heterocycles. The number of fused-ring (bicyclic) bond motifs is 5. The molecule has 0 amide bonds. The second-order valence-corrected chi connectivity index (χ2v) is 6.77. The van der Waals surface area contributed by atoms with Crippen LogP contribution in [0.3, 0.4) is 0 Å². The number of nitrogens with zero attached hydrogens (tertiary/aromatic N) is 1. The molecule has 0 spiro atoms. The van der Waals surface area contributed by atoms with Crippen LogP contribution < -0.4 is 5.32 Å². The fraction of sp³-hybridized carbons (Fsp3) is 0.333. The molecule has 1 aromatic carbocycles. The molecule has 5 heteroatoms. The van der Waals surface area contributed by atoms with Crippen molar-refractivity contribution in [1.29, 1.82) is 0 Å². The van der Waals surface area contributed by atoms with E-state index in [0.717, 1.165) is 36.2 Å². The number of Topliss-reactive ketones (excluding diaryl/α,β-unsaturated/α-hetero) is 1. The number of aromatic nitrogens is 1. The highest BCUT2D eigenvalue weighted by Gasteiger charge is 2.41. The van der Waals surface area contributed by atoms with Gasteiger partial charge in [0.15, 0.2) is 5.78 Å². The smallest absolute Gasteiger partial charge is 0.178 e. The molecular weight excluding hydrogens is 315 g/mol. The number of pyridine rings is 1. The first-order valence-corrected chi connectivity index (χ1v) is 8.18. The SMILES string of the molecule is CC(=O)c1ncc(Nc2ccc(F)c(Cl)c2)c2c1C1CCC2C1. The third-order valence-corrected chi connectivity index (χ3v) is 5.23. The van der Waals surface area contributed by atoms with Crippen molar-refractivity contribution in [2.45, 2.75) is 38.0 Å². The molecule has 1 heterocycles. The number of hydrogen-bond donors (Lipinski definition) is 1. The Labute approximate surface area is 138 Å². The molecule has 1 fully saturated rings. The minimum absolute atomic E-state index is 0.0187. The lowest BCUT2D eigenvalue weighted by molar-refractivity contribution is 0.101. The van der Waals surface area contributed by atoms with E-state index >= 15 is 0 Å². The van der Waals surface area contributed by atoms with E-state index in [2.05, 4.69) is 10.3 Å². The van der Waals surface area contributed by atoms with Crippen molar-refractivity contribution in [2.75, 3.05) is 5.32 Å². The van der Waals surface area contributed by atoms with Crippen LogP contribution in [-0.4, -0.2) is 10.8 Å². The van der Waals surface area contributed by atoms with Crippen molar-refractivity contribution in [2.24, 2.45) is 0 Å². The minimum Gasteiger partial charge on any atom is -0.354 e. The highest BCUT2D eigenvalue weighted by atomic mass is 35.5. The summed E-state index contributed by atoms with van der Waals surface area (Å²) in [5.74, 6) is 0.506. The maximum absolute atomic E-state index is 13.3. The fourth-order valence-electron chi connectivity index (χ4n) is 4.01. The second kappa shape index (κ2) is 5.31. The van der Waals surface area contributed by atoms with E-state index < -0.39 is 5.82 Å². The van der Waals surface area contributed by atoms with Crippen molar-refractivity contribution in [3.05, 3.63) is 52.1 Å². The van der Waals surface area contributed by atoms with Crippen molar-refractivity contribution < 1.29 is 9.18 Å². The van der Waals surface area contributed by atoms with Gasteiger partial charge in [-0.15, -0.1) is 0 Å². The topological polar surface area (TPSA) is 42.0 Å². The van der Waals surface area contributed by atoms with Gasteiger partial charge in [0, 0.05) is 12.6 Å². The summed E-state index contributed by atoms with van der Waals surface area (Å²) >= 11 is 5.85. The second-order valence-electron chi connectivity index (χ2n) is 6.36. The Hall–Kier alpha value is -1.94. The molecule has 2 aliphatic carbocycles. The van der Waals surface area contributed by atoms with Gasteiger partial charge in [0.05, 0.1) is 16.9 Å². The van der Waals surface area contributed by atoms with Crippen LogP contribution in [0.25, 0.3) is 0 Å². The van der Waals surface area contributed by atoms with E-state index in [-0.39, 0.29) is 10.8 Å². The average Bonchev–Trinajstić information content (AvgIpc) is 3.13. The monoisotopic (exact) mass is 330 g/mol. The molecule has 2 atom stereocenters. The van der Waals surface area contributed by atoms with Gasteiger partial charge in [0.25, 0.3) is 0 Å². The molecule has 0 radical (unpaired) electrons. The van der Waals surface area contributed by atoms with E-state index in [0.29, 0.717) is 17.5 Å². The highest BCUT2D eigenvalue weighted by molar-refractivity contribution is 6.31. The quantitative estimate of drug-likeness (QED) is 0.788. The Morgan fingerprint density at radius 1 is 1.30 bits per heavy atom. The lowest BCUT2D eigenvalue weighted by Crippen LogP contribution is -2.11. The molecule has 1 aromatic heterocycles. The Balaban J connectivity index is 1.78. The van der Waals surface area contributed by atoms with Crippen molar-refractivity contribution in [3.63, 3.8) is 0 Å². The summed E-state index contributed by atoms with van der Waals surface area (Å²) in [6.45, 7) is 1.57. The summed E-state index contributed by atoms with van der Waals surface area (Å²) in [4.78, 5) is 16.3. The number of rotatable bonds is 3. The lowest BCUT2D eigenvalue weighted by Gasteiger charge is -2.21. The van der Waals surface area contributed by atoms with Gasteiger partial charge in [-0.25, -0.2) is 4.39 Å². The molecule has 4 rings (SSSR count). The molecule has 118 valence electrons. The van der Waals surface area contributed by atoms with Crippen LogP contribution in [0.2, 0.25) is 5.02 Å². The predicted molar refractivity (Wildman–Crippen MR) is 88.3 cm³/mol. The van der Waals surface area contributed by atoms with Crippen molar-refractivity contribution in [1.82, 2.24) is 4.98 Å². The first-order chi connectivity index (χ1) is 11.0. The first-order valence-electron chi connectivity index (χ1n) is 7.80. The maximum Gasteiger partial charge on any atom is 0.178 e. The zero-order chi connectivity index (χ0) is 16.1. The fourth-order valence-corrected chi connectivity index (χ4v) is 4.19. The molecule has 1 saturated carbocycles. The van der Waals surface area contributed by atoms with Gasteiger partial charge in [-0.1, -0.05) is 11.6 Å². The van der Waals surface area contributed by atoms with Crippen molar-refractivity contribution >= 4 is 28.8 Å². The van der Waals surface area contributed by atoms with Gasteiger partial charge < -0.3 is 5.32 Å². The van der Waals surface area contributed by atoms with Gasteiger partial charge in [0.1, 0.15) is 11.5 Å². The number of carbonyl (C=O) groups excluding carboxylic acids is 1. The summed E-state index contributed by atoms with van der Waals surface area (Å²) in [7, 11) is 0. The Bertz CT molecular complexity index is 821. The maximum atomic E-state index is 13.3. The highest BCUT2D eigenvalue weighted by Crippen LogP contribution is 2.56. The standard InChI is InChI=1S/C18H16ClFN2O/c1-9(23)18-17-11-3-2-10(6-11)16(17)15(8-21-18)22-12-4-5-14(20)13(19)7-12/h4-5,7-8,10-11,22H,2-3,6H2,1H3. The summed E-state index contributed by atoms with van der Waals surface area (Å²) in [5, 5.41) is 3.38.